The van der Waals surface area contributed by atoms with Gasteiger partial charge in [-0.2, -0.15) is 0 Å². The van der Waals surface area contributed by atoms with Crippen LogP contribution < -0.4 is 10.6 Å². The number of rotatable bonds is 7. The molecule has 0 aliphatic carbocycles. The zero-order chi connectivity index (χ0) is 27.4. The molecule has 1 amide bonds. The van der Waals surface area contributed by atoms with Crippen LogP contribution in [0.1, 0.15) is 57.2 Å². The topological polar surface area (TPSA) is 60.5 Å². The standard InChI is InChI=1S/C32H41N5O/c1-21(16-29-24(4)34-13-10-28(29)26-8-9-30(33-5)35-19-26)20-37-14-11-25(12-15-37)31-22(2)17-27(18-23(31)3)32(38)36(6)7/h8-11,13,16-18,33,35H,12,14-15,19-20H2,1-7H3/b21-16+. The SMILES string of the molecule is CNC1=CC=C(c2ccnc(C)c2/C=C(\C)CN2CC=C(c3c(C)cc(C(=O)N(C)C)cc3C)CC2)CN1. The van der Waals surface area contributed by atoms with Crippen molar-refractivity contribution in [1.82, 2.24) is 25.4 Å². The number of carbonyl (C=O) groups is 1. The van der Waals surface area contributed by atoms with E-state index in [4.69, 9.17) is 0 Å². The lowest BCUT2D eigenvalue weighted by atomic mass is 9.90. The number of aromatic nitrogens is 1. The van der Waals surface area contributed by atoms with Gasteiger partial charge in [0.15, 0.2) is 0 Å². The molecule has 0 radical (unpaired) electrons. The van der Waals surface area contributed by atoms with E-state index >= 15 is 0 Å². The average molecular weight is 512 g/mol. The van der Waals surface area contributed by atoms with Crippen molar-refractivity contribution < 1.29 is 4.79 Å². The minimum absolute atomic E-state index is 0.0519. The molecular formula is C32H41N5O. The van der Waals surface area contributed by atoms with E-state index in [1.165, 1.54) is 44.5 Å². The van der Waals surface area contributed by atoms with Crippen LogP contribution in [0, 0.1) is 20.8 Å². The first-order valence-electron chi connectivity index (χ1n) is 13.4. The molecular weight excluding hydrogens is 470 g/mol. The number of hydrogen-bond acceptors (Lipinski definition) is 5. The highest BCUT2D eigenvalue weighted by molar-refractivity contribution is 5.95. The number of hydrogen-bond donors (Lipinski definition) is 2. The molecule has 3 heterocycles. The van der Waals surface area contributed by atoms with Crippen molar-refractivity contribution in [2.45, 2.75) is 34.1 Å². The molecule has 4 rings (SSSR count). The Hall–Kier alpha value is -3.64. The number of amides is 1. The van der Waals surface area contributed by atoms with Gasteiger partial charge in [-0.05, 0) is 91.8 Å². The van der Waals surface area contributed by atoms with E-state index in [9.17, 15) is 4.79 Å². The summed E-state index contributed by atoms with van der Waals surface area (Å²) in [5.41, 5.74) is 11.9. The fourth-order valence-corrected chi connectivity index (χ4v) is 5.47. The second kappa shape index (κ2) is 11.8. The summed E-state index contributed by atoms with van der Waals surface area (Å²) in [5.74, 6) is 1.09. The van der Waals surface area contributed by atoms with Crippen molar-refractivity contribution in [3.63, 3.8) is 0 Å². The third-order valence-corrected chi connectivity index (χ3v) is 7.39. The van der Waals surface area contributed by atoms with Gasteiger partial charge >= 0.3 is 0 Å². The fourth-order valence-electron chi connectivity index (χ4n) is 5.47. The molecule has 0 spiro atoms. The Morgan fingerprint density at radius 2 is 1.89 bits per heavy atom. The monoisotopic (exact) mass is 511 g/mol. The number of carbonyl (C=O) groups excluding carboxylic acids is 1. The highest BCUT2D eigenvalue weighted by Crippen LogP contribution is 2.30. The number of aryl methyl sites for hydroxylation is 3. The van der Waals surface area contributed by atoms with Gasteiger partial charge in [0.1, 0.15) is 0 Å². The Balaban J connectivity index is 1.49. The van der Waals surface area contributed by atoms with Crippen LogP contribution in [0.15, 0.2) is 54.0 Å². The van der Waals surface area contributed by atoms with Crippen LogP contribution in [0.4, 0.5) is 0 Å². The van der Waals surface area contributed by atoms with E-state index in [1.807, 2.05) is 25.4 Å². The predicted octanol–water partition coefficient (Wildman–Crippen LogP) is 4.95. The molecule has 6 nitrogen and oxygen atoms in total. The van der Waals surface area contributed by atoms with Crippen molar-refractivity contribution in [2.75, 3.05) is 47.3 Å². The van der Waals surface area contributed by atoms with Crippen LogP contribution in [-0.2, 0) is 0 Å². The van der Waals surface area contributed by atoms with Crippen LogP contribution in [0.5, 0.6) is 0 Å². The number of nitrogens with one attached hydrogen (secondary N) is 2. The molecule has 0 bridgehead atoms. The highest BCUT2D eigenvalue weighted by atomic mass is 16.2. The van der Waals surface area contributed by atoms with Crippen LogP contribution in [0.25, 0.3) is 17.2 Å². The summed E-state index contributed by atoms with van der Waals surface area (Å²) in [7, 11) is 5.53. The lowest BCUT2D eigenvalue weighted by Gasteiger charge is -2.28. The molecule has 0 fully saturated rings. The zero-order valence-electron chi connectivity index (χ0n) is 23.9. The van der Waals surface area contributed by atoms with E-state index in [0.29, 0.717) is 0 Å². The Morgan fingerprint density at radius 3 is 2.47 bits per heavy atom. The molecule has 1 aromatic carbocycles. The Bertz CT molecular complexity index is 1320. The molecule has 2 aliphatic rings. The maximum atomic E-state index is 12.5. The quantitative estimate of drug-likeness (QED) is 0.551. The average Bonchev–Trinajstić information content (AvgIpc) is 2.90. The Labute approximate surface area is 227 Å². The maximum absolute atomic E-state index is 12.5. The predicted molar refractivity (Wildman–Crippen MR) is 159 cm³/mol. The van der Waals surface area contributed by atoms with E-state index in [0.717, 1.165) is 49.7 Å². The van der Waals surface area contributed by atoms with Crippen molar-refractivity contribution in [2.24, 2.45) is 0 Å². The number of pyridine rings is 1. The van der Waals surface area contributed by atoms with Gasteiger partial charge in [-0.3, -0.25) is 14.7 Å². The molecule has 0 saturated heterocycles. The van der Waals surface area contributed by atoms with Gasteiger partial charge in [-0.25, -0.2) is 0 Å². The number of allylic oxidation sites excluding steroid dienone is 2. The molecule has 0 atom stereocenters. The van der Waals surface area contributed by atoms with E-state index < -0.39 is 0 Å². The first-order chi connectivity index (χ1) is 18.2. The van der Waals surface area contributed by atoms with Gasteiger partial charge in [0.05, 0.1) is 5.82 Å². The van der Waals surface area contributed by atoms with E-state index in [2.05, 4.69) is 78.6 Å². The lowest BCUT2D eigenvalue weighted by Crippen LogP contribution is -2.30. The summed E-state index contributed by atoms with van der Waals surface area (Å²) >= 11 is 0. The summed E-state index contributed by atoms with van der Waals surface area (Å²) in [6.07, 6.45) is 11.9. The summed E-state index contributed by atoms with van der Waals surface area (Å²) in [6, 6.07) is 6.19. The Morgan fingerprint density at radius 1 is 1.16 bits per heavy atom. The van der Waals surface area contributed by atoms with Gasteiger partial charge < -0.3 is 15.5 Å². The first kappa shape index (κ1) is 27.4. The van der Waals surface area contributed by atoms with Gasteiger partial charge in [-0.1, -0.05) is 23.8 Å². The second-order valence-corrected chi connectivity index (χ2v) is 10.6. The van der Waals surface area contributed by atoms with Crippen LogP contribution >= 0.6 is 0 Å². The van der Waals surface area contributed by atoms with E-state index in [-0.39, 0.29) is 5.91 Å². The minimum Gasteiger partial charge on any atom is -0.375 e. The van der Waals surface area contributed by atoms with Crippen LogP contribution in [-0.4, -0.2) is 68.0 Å². The summed E-state index contributed by atoms with van der Waals surface area (Å²) in [4.78, 5) is 21.2. The third kappa shape index (κ3) is 6.08. The molecule has 2 aliphatic heterocycles. The molecule has 2 aromatic rings. The number of nitrogens with zero attached hydrogens (tertiary/aromatic N) is 3. The normalized spacial score (nSPS) is 16.3. The second-order valence-electron chi connectivity index (χ2n) is 10.6. The van der Waals surface area contributed by atoms with Gasteiger partial charge in [0.25, 0.3) is 5.91 Å². The van der Waals surface area contributed by atoms with Crippen LogP contribution in [0.2, 0.25) is 0 Å². The van der Waals surface area contributed by atoms with Gasteiger partial charge in [-0.15, -0.1) is 0 Å². The van der Waals surface area contributed by atoms with Crippen LogP contribution in [0.3, 0.4) is 0 Å². The molecule has 0 saturated carbocycles. The highest BCUT2D eigenvalue weighted by Gasteiger charge is 2.19. The van der Waals surface area contributed by atoms with Crippen molar-refractivity contribution in [1.29, 1.82) is 0 Å². The number of dihydropyridines is 1. The third-order valence-electron chi connectivity index (χ3n) is 7.39. The Kier molecular flexibility index (Phi) is 8.52. The molecule has 1 aromatic heterocycles. The minimum atomic E-state index is 0.0519. The maximum Gasteiger partial charge on any atom is 0.253 e. The smallest absolute Gasteiger partial charge is 0.253 e. The largest absolute Gasteiger partial charge is 0.375 e. The number of benzene rings is 1. The van der Waals surface area contributed by atoms with Crippen molar-refractivity contribution in [3.8, 4) is 0 Å². The fraction of sp³-hybridized carbons (Fsp3) is 0.375. The first-order valence-corrected chi connectivity index (χ1v) is 13.4. The lowest BCUT2D eigenvalue weighted by molar-refractivity contribution is 0.0827. The van der Waals surface area contributed by atoms with E-state index in [1.54, 1.807) is 19.0 Å². The zero-order valence-corrected chi connectivity index (χ0v) is 23.9. The molecule has 200 valence electrons. The molecule has 0 unspecified atom stereocenters. The summed E-state index contributed by atoms with van der Waals surface area (Å²) in [6.45, 7) is 12.2. The van der Waals surface area contributed by atoms with Gasteiger partial charge in [0.2, 0.25) is 0 Å². The molecule has 2 N–H and O–H groups in total. The molecule has 38 heavy (non-hydrogen) atoms. The summed E-state index contributed by atoms with van der Waals surface area (Å²) in [5, 5.41) is 6.59. The van der Waals surface area contributed by atoms with Crippen molar-refractivity contribution >= 4 is 23.1 Å². The molecule has 6 heteroatoms. The van der Waals surface area contributed by atoms with Crippen molar-refractivity contribution in [3.05, 3.63) is 93.1 Å². The summed E-state index contributed by atoms with van der Waals surface area (Å²) < 4.78 is 0. The van der Waals surface area contributed by atoms with Gasteiger partial charge in [0, 0.05) is 70.3 Å².